The molecule has 0 radical (unpaired) electrons. The molecular formula is C23H35N7. The molecule has 7 nitrogen and oxygen atoms in total. The van der Waals surface area contributed by atoms with E-state index >= 15 is 0 Å². The molecule has 3 heterocycles. The summed E-state index contributed by atoms with van der Waals surface area (Å²) in [6.07, 6.45) is 5.85. The lowest BCUT2D eigenvalue weighted by Gasteiger charge is -2.21. The molecule has 2 aromatic rings. The van der Waals surface area contributed by atoms with Gasteiger partial charge in [-0.3, -0.25) is 4.90 Å². The fourth-order valence-corrected chi connectivity index (χ4v) is 4.57. The lowest BCUT2D eigenvalue weighted by atomic mass is 10.2. The number of guanidine groups is 1. The number of aliphatic imine (C=N–C) groups is 1. The predicted octanol–water partition coefficient (Wildman–Crippen LogP) is 2.72. The number of nitrogens with zero attached hydrogens (tertiary/aromatic N) is 5. The van der Waals surface area contributed by atoms with Gasteiger partial charge in [-0.05, 0) is 38.7 Å². The van der Waals surface area contributed by atoms with E-state index in [1.165, 1.54) is 24.8 Å². The largest absolute Gasteiger partial charge is 0.357 e. The molecule has 0 saturated carbocycles. The Morgan fingerprint density at radius 1 is 1.17 bits per heavy atom. The molecule has 2 aliphatic rings. The number of aryl methyl sites for hydroxylation is 1. The van der Waals surface area contributed by atoms with E-state index < -0.39 is 0 Å². The van der Waals surface area contributed by atoms with Gasteiger partial charge < -0.3 is 15.2 Å². The molecule has 1 aromatic carbocycles. The maximum absolute atomic E-state index is 4.84. The lowest BCUT2D eigenvalue weighted by molar-refractivity contribution is 0.258. The van der Waals surface area contributed by atoms with Crippen LogP contribution in [0, 0.1) is 0 Å². The van der Waals surface area contributed by atoms with E-state index in [2.05, 4.69) is 74.5 Å². The quantitative estimate of drug-likeness (QED) is 0.567. The van der Waals surface area contributed by atoms with Crippen molar-refractivity contribution in [3.63, 3.8) is 0 Å². The first-order valence-electron chi connectivity index (χ1n) is 11.5. The maximum atomic E-state index is 4.84. The van der Waals surface area contributed by atoms with Gasteiger partial charge >= 0.3 is 0 Å². The van der Waals surface area contributed by atoms with E-state index in [9.17, 15) is 0 Å². The summed E-state index contributed by atoms with van der Waals surface area (Å²) in [4.78, 5) is 7.40. The number of nitrogens with one attached hydrogen (secondary N) is 2. The molecule has 7 heteroatoms. The van der Waals surface area contributed by atoms with Crippen LogP contribution in [0.3, 0.4) is 0 Å². The highest BCUT2D eigenvalue weighted by molar-refractivity contribution is 5.80. The summed E-state index contributed by atoms with van der Waals surface area (Å²) in [5.41, 5.74) is 1.37. The van der Waals surface area contributed by atoms with Crippen LogP contribution in [-0.2, 0) is 26.1 Å². The van der Waals surface area contributed by atoms with Gasteiger partial charge in [0.1, 0.15) is 12.4 Å². The van der Waals surface area contributed by atoms with E-state index in [4.69, 9.17) is 4.99 Å². The number of aromatic nitrogens is 3. The van der Waals surface area contributed by atoms with Crippen LogP contribution in [0.25, 0.3) is 0 Å². The highest BCUT2D eigenvalue weighted by Crippen LogP contribution is 2.20. The summed E-state index contributed by atoms with van der Waals surface area (Å²) in [6.45, 7) is 8.89. The van der Waals surface area contributed by atoms with Crippen molar-refractivity contribution in [2.45, 2.75) is 77.7 Å². The van der Waals surface area contributed by atoms with Crippen molar-refractivity contribution in [1.29, 1.82) is 0 Å². The molecule has 1 fully saturated rings. The Bertz CT molecular complexity index is 829. The van der Waals surface area contributed by atoms with Crippen molar-refractivity contribution in [2.24, 2.45) is 4.99 Å². The van der Waals surface area contributed by atoms with Crippen molar-refractivity contribution in [2.75, 3.05) is 13.1 Å². The monoisotopic (exact) mass is 409 g/mol. The topological polar surface area (TPSA) is 70.4 Å². The van der Waals surface area contributed by atoms with Gasteiger partial charge in [0.05, 0.1) is 0 Å². The molecule has 0 bridgehead atoms. The van der Waals surface area contributed by atoms with E-state index in [0.717, 1.165) is 56.6 Å². The second-order valence-electron chi connectivity index (χ2n) is 8.53. The number of hydrogen-bond donors (Lipinski definition) is 2. The van der Waals surface area contributed by atoms with E-state index in [0.29, 0.717) is 18.6 Å². The molecule has 0 aliphatic carbocycles. The minimum absolute atomic E-state index is 0.400. The Labute approximate surface area is 180 Å². The molecule has 162 valence electrons. The molecule has 2 N–H and O–H groups in total. The zero-order valence-corrected chi connectivity index (χ0v) is 18.3. The Kier molecular flexibility index (Phi) is 7.00. The summed E-state index contributed by atoms with van der Waals surface area (Å²) in [5, 5.41) is 15.9. The van der Waals surface area contributed by atoms with Crippen LogP contribution in [0.5, 0.6) is 0 Å². The standard InChI is InChI=1S/C23H35N7/c1-3-24-23(25-15-22-28-27-21-12-8-5-9-13-30(21)22)26-20-14-18(2)29(17-20)16-19-10-6-4-7-11-19/h4,6-7,10-11,18,20H,3,5,8-9,12-17H2,1-2H3,(H2,24,25,26). The van der Waals surface area contributed by atoms with Crippen LogP contribution in [0.15, 0.2) is 35.3 Å². The maximum Gasteiger partial charge on any atom is 0.191 e. The second kappa shape index (κ2) is 10.1. The second-order valence-corrected chi connectivity index (χ2v) is 8.53. The van der Waals surface area contributed by atoms with Gasteiger partial charge in [-0.2, -0.15) is 0 Å². The number of hydrogen-bond acceptors (Lipinski definition) is 4. The van der Waals surface area contributed by atoms with Crippen LogP contribution in [0.1, 0.15) is 56.7 Å². The van der Waals surface area contributed by atoms with Gasteiger partial charge in [0.25, 0.3) is 0 Å². The Morgan fingerprint density at radius 3 is 2.87 bits per heavy atom. The van der Waals surface area contributed by atoms with Crippen LogP contribution in [0.2, 0.25) is 0 Å². The van der Waals surface area contributed by atoms with Gasteiger partial charge in [0.15, 0.2) is 11.8 Å². The van der Waals surface area contributed by atoms with Gasteiger partial charge in [-0.1, -0.05) is 36.8 Å². The molecule has 0 amide bonds. The lowest BCUT2D eigenvalue weighted by Crippen LogP contribution is -2.44. The van der Waals surface area contributed by atoms with Crippen molar-refractivity contribution in [3.8, 4) is 0 Å². The van der Waals surface area contributed by atoms with Crippen molar-refractivity contribution in [3.05, 3.63) is 47.5 Å². The molecule has 0 spiro atoms. The highest BCUT2D eigenvalue weighted by Gasteiger charge is 2.29. The molecule has 1 aromatic heterocycles. The van der Waals surface area contributed by atoms with E-state index in [1.807, 2.05) is 0 Å². The summed E-state index contributed by atoms with van der Waals surface area (Å²) in [7, 11) is 0. The first-order valence-corrected chi connectivity index (χ1v) is 11.5. The predicted molar refractivity (Wildman–Crippen MR) is 120 cm³/mol. The minimum Gasteiger partial charge on any atom is -0.357 e. The number of fused-ring (bicyclic) bond motifs is 1. The average molecular weight is 410 g/mol. The van der Waals surface area contributed by atoms with Crippen molar-refractivity contribution >= 4 is 5.96 Å². The normalized spacial score (nSPS) is 22.5. The third-order valence-electron chi connectivity index (χ3n) is 6.18. The molecule has 4 rings (SSSR count). The Morgan fingerprint density at radius 2 is 2.03 bits per heavy atom. The number of likely N-dealkylation sites (tertiary alicyclic amines) is 1. The third kappa shape index (κ3) is 5.19. The summed E-state index contributed by atoms with van der Waals surface area (Å²) in [5.74, 6) is 2.98. The van der Waals surface area contributed by atoms with Crippen LogP contribution in [-0.4, -0.2) is 50.8 Å². The first-order chi connectivity index (χ1) is 14.7. The van der Waals surface area contributed by atoms with Crippen LogP contribution in [0.4, 0.5) is 0 Å². The summed E-state index contributed by atoms with van der Waals surface area (Å²) >= 11 is 0. The third-order valence-corrected chi connectivity index (χ3v) is 6.18. The average Bonchev–Trinajstić information content (AvgIpc) is 3.20. The molecule has 2 unspecified atom stereocenters. The number of benzene rings is 1. The van der Waals surface area contributed by atoms with Gasteiger partial charge in [-0.25, -0.2) is 4.99 Å². The van der Waals surface area contributed by atoms with E-state index in [1.54, 1.807) is 0 Å². The number of rotatable bonds is 6. The Hall–Kier alpha value is -2.41. The molecule has 30 heavy (non-hydrogen) atoms. The smallest absolute Gasteiger partial charge is 0.191 e. The van der Waals surface area contributed by atoms with Crippen LogP contribution < -0.4 is 10.6 Å². The fourth-order valence-electron chi connectivity index (χ4n) is 4.57. The fraction of sp³-hybridized carbons (Fsp3) is 0.609. The SMILES string of the molecule is CCNC(=NCc1nnc2n1CCCCC2)NC1CC(C)N(Cc2ccccc2)C1. The van der Waals surface area contributed by atoms with Gasteiger partial charge in [0.2, 0.25) is 0 Å². The summed E-state index contributed by atoms with van der Waals surface area (Å²) in [6, 6.07) is 11.7. The zero-order chi connectivity index (χ0) is 20.8. The van der Waals surface area contributed by atoms with Crippen molar-refractivity contribution < 1.29 is 0 Å². The van der Waals surface area contributed by atoms with E-state index in [-0.39, 0.29) is 0 Å². The minimum atomic E-state index is 0.400. The summed E-state index contributed by atoms with van der Waals surface area (Å²) < 4.78 is 2.28. The molecular weight excluding hydrogens is 374 g/mol. The Balaban J connectivity index is 1.37. The van der Waals surface area contributed by atoms with Crippen LogP contribution >= 0.6 is 0 Å². The molecule has 2 aliphatic heterocycles. The van der Waals surface area contributed by atoms with Gasteiger partial charge in [0, 0.05) is 44.7 Å². The zero-order valence-electron chi connectivity index (χ0n) is 18.3. The van der Waals surface area contributed by atoms with Crippen molar-refractivity contribution in [1.82, 2.24) is 30.3 Å². The molecule has 1 saturated heterocycles. The highest BCUT2D eigenvalue weighted by atomic mass is 15.3. The van der Waals surface area contributed by atoms with Gasteiger partial charge in [-0.15, -0.1) is 10.2 Å². The molecule has 2 atom stereocenters. The first kappa shape index (κ1) is 20.8.